The molecule has 30 heavy (non-hydrogen) atoms. The summed E-state index contributed by atoms with van der Waals surface area (Å²) in [6.45, 7) is 2.84. The van der Waals surface area contributed by atoms with E-state index in [1.807, 2.05) is 0 Å². The Kier molecular flexibility index (Phi) is 5.76. The van der Waals surface area contributed by atoms with Crippen LogP contribution in [0.25, 0.3) is 11.0 Å². The van der Waals surface area contributed by atoms with E-state index in [4.69, 9.17) is 16.3 Å². The zero-order chi connectivity index (χ0) is 22.2. The number of benzene rings is 2. The highest BCUT2D eigenvalue weighted by atomic mass is 35.5. The zero-order valence-electron chi connectivity index (χ0n) is 16.2. The first-order valence-electron chi connectivity index (χ1n) is 8.73. The maximum absolute atomic E-state index is 13.3. The monoisotopic (exact) mass is 439 g/mol. The molecule has 6 nitrogen and oxygen atoms in total. The highest BCUT2D eigenvalue weighted by Crippen LogP contribution is 2.28. The minimum absolute atomic E-state index is 0.0229. The predicted octanol–water partition coefficient (Wildman–Crippen LogP) is 4.33. The molecule has 2 aromatic carbocycles. The third-order valence-corrected chi connectivity index (χ3v) is 4.86. The van der Waals surface area contributed by atoms with Gasteiger partial charge in [0.2, 0.25) is 11.6 Å². The molecule has 3 aromatic rings. The summed E-state index contributed by atoms with van der Waals surface area (Å²) in [6, 6.07) is 7.47. The van der Waals surface area contributed by atoms with Crippen LogP contribution in [-0.2, 0) is 17.5 Å². The number of nitrogens with zero attached hydrogens (tertiary/aromatic N) is 2. The van der Waals surface area contributed by atoms with Gasteiger partial charge < -0.3 is 10.1 Å². The Morgan fingerprint density at radius 2 is 1.87 bits per heavy atom. The molecule has 0 aliphatic rings. The number of nitrogens with one attached hydrogen (secondary N) is 1. The fourth-order valence-electron chi connectivity index (χ4n) is 2.93. The van der Waals surface area contributed by atoms with Gasteiger partial charge in [-0.2, -0.15) is 13.2 Å². The van der Waals surface area contributed by atoms with E-state index in [1.54, 1.807) is 13.8 Å². The molecule has 0 bridgehead atoms. The van der Waals surface area contributed by atoms with Crippen molar-refractivity contribution in [2.75, 3.05) is 12.4 Å². The number of aromatic nitrogens is 2. The maximum atomic E-state index is 13.3. The number of halogens is 4. The number of anilines is 1. The van der Waals surface area contributed by atoms with Crippen molar-refractivity contribution >= 4 is 34.2 Å². The highest BCUT2D eigenvalue weighted by molar-refractivity contribution is 6.32. The average molecular weight is 440 g/mol. The molecule has 10 heteroatoms. The van der Waals surface area contributed by atoms with Crippen LogP contribution in [0.5, 0.6) is 5.75 Å². The number of ether oxygens (including phenoxy) is 1. The lowest BCUT2D eigenvalue weighted by atomic mass is 10.1. The Hall–Kier alpha value is -3.07. The molecule has 0 aliphatic heterocycles. The molecule has 1 N–H and O–H groups in total. The van der Waals surface area contributed by atoms with Crippen LogP contribution in [-0.4, -0.2) is 22.6 Å². The topological polar surface area (TPSA) is 73.2 Å². The third-order valence-electron chi connectivity index (χ3n) is 4.57. The van der Waals surface area contributed by atoms with E-state index in [-0.39, 0.29) is 16.1 Å². The molecule has 1 heterocycles. The lowest BCUT2D eigenvalue weighted by Crippen LogP contribution is -2.34. The van der Waals surface area contributed by atoms with Crippen molar-refractivity contribution in [1.82, 2.24) is 9.55 Å². The van der Waals surface area contributed by atoms with E-state index >= 15 is 0 Å². The number of hydrogen-bond donors (Lipinski definition) is 1. The smallest absolute Gasteiger partial charge is 0.438 e. The number of carbonyl (C=O) groups excluding carboxylic acids is 1. The number of alkyl halides is 3. The summed E-state index contributed by atoms with van der Waals surface area (Å²) >= 11 is 6.01. The highest BCUT2D eigenvalue weighted by Gasteiger charge is 2.37. The number of hydrogen-bond acceptors (Lipinski definition) is 4. The van der Waals surface area contributed by atoms with Gasteiger partial charge in [0.05, 0.1) is 23.2 Å². The molecule has 1 aromatic heterocycles. The number of methoxy groups -OCH3 is 1. The number of rotatable bonds is 4. The summed E-state index contributed by atoms with van der Waals surface area (Å²) in [4.78, 5) is 28.5. The van der Waals surface area contributed by atoms with Crippen LogP contribution in [0, 0.1) is 13.8 Å². The fraction of sp³-hybridized carbons (Fsp3) is 0.250. The Morgan fingerprint density at radius 3 is 2.47 bits per heavy atom. The quantitative estimate of drug-likeness (QED) is 0.656. The number of amides is 1. The molecule has 0 aliphatic carbocycles. The third kappa shape index (κ3) is 4.25. The van der Waals surface area contributed by atoms with Crippen molar-refractivity contribution in [3.63, 3.8) is 0 Å². The molecule has 0 saturated heterocycles. The van der Waals surface area contributed by atoms with Crippen molar-refractivity contribution < 1.29 is 22.7 Å². The molecule has 0 unspecified atom stereocenters. The lowest BCUT2D eigenvalue weighted by molar-refractivity contribution is -0.142. The first-order valence-corrected chi connectivity index (χ1v) is 9.11. The van der Waals surface area contributed by atoms with Gasteiger partial charge in [-0.1, -0.05) is 11.6 Å². The molecule has 0 atom stereocenters. The Labute approximate surface area is 174 Å². The molecule has 158 valence electrons. The van der Waals surface area contributed by atoms with E-state index in [1.165, 1.54) is 37.4 Å². The first-order chi connectivity index (χ1) is 14.0. The molecule has 1 amide bonds. The average Bonchev–Trinajstić information content (AvgIpc) is 2.64. The van der Waals surface area contributed by atoms with Gasteiger partial charge >= 0.3 is 6.18 Å². The van der Waals surface area contributed by atoms with Gasteiger partial charge in [0, 0.05) is 5.69 Å². The molecule has 0 saturated carbocycles. The molecule has 0 radical (unpaired) electrons. The van der Waals surface area contributed by atoms with Crippen LogP contribution in [0.4, 0.5) is 18.9 Å². The van der Waals surface area contributed by atoms with Crippen LogP contribution in [0.3, 0.4) is 0 Å². The van der Waals surface area contributed by atoms with Gasteiger partial charge in [-0.3, -0.25) is 14.2 Å². The van der Waals surface area contributed by atoms with Crippen LogP contribution in [0.2, 0.25) is 5.02 Å². The van der Waals surface area contributed by atoms with Gasteiger partial charge in [-0.15, -0.1) is 0 Å². The van der Waals surface area contributed by atoms with E-state index in [0.29, 0.717) is 17.0 Å². The normalized spacial score (nSPS) is 11.6. The molecular formula is C20H17ClF3N3O3. The summed E-state index contributed by atoms with van der Waals surface area (Å²) in [5.74, 6) is -0.302. The van der Waals surface area contributed by atoms with E-state index in [2.05, 4.69) is 10.3 Å². The Morgan fingerprint density at radius 1 is 1.20 bits per heavy atom. The largest absolute Gasteiger partial charge is 0.495 e. The second-order valence-corrected chi connectivity index (χ2v) is 7.08. The van der Waals surface area contributed by atoms with Crippen LogP contribution in [0.15, 0.2) is 35.1 Å². The van der Waals surface area contributed by atoms with Gasteiger partial charge in [0.25, 0.3) is 5.56 Å². The maximum Gasteiger partial charge on any atom is 0.438 e. The Bertz CT molecular complexity index is 1210. The standard InChI is InChI=1S/C20H17ClF3N3O3/c1-10-6-14-15(7-11(10)2)27(19(29)18(26-14)20(22,23)24)9-17(28)25-12-4-5-16(30-3)13(21)8-12/h4-8H,9H2,1-3H3,(H,25,28). The molecule has 3 rings (SSSR count). The van der Waals surface area contributed by atoms with Crippen molar-refractivity contribution in [2.24, 2.45) is 0 Å². The molecule has 0 spiro atoms. The van der Waals surface area contributed by atoms with Gasteiger partial charge in [-0.25, -0.2) is 4.98 Å². The number of aryl methyl sites for hydroxylation is 2. The number of fused-ring (bicyclic) bond motifs is 1. The summed E-state index contributed by atoms with van der Waals surface area (Å²) in [5, 5.41) is 2.76. The SMILES string of the molecule is COc1ccc(NC(=O)Cn2c(=O)c(C(F)(F)F)nc3cc(C)c(C)cc32)cc1Cl. The van der Waals surface area contributed by atoms with Crippen molar-refractivity contribution in [3.8, 4) is 5.75 Å². The van der Waals surface area contributed by atoms with Crippen molar-refractivity contribution in [3.05, 3.63) is 62.5 Å². The van der Waals surface area contributed by atoms with E-state index in [9.17, 15) is 22.8 Å². The number of carbonyl (C=O) groups is 1. The van der Waals surface area contributed by atoms with Crippen LogP contribution < -0.4 is 15.6 Å². The van der Waals surface area contributed by atoms with Gasteiger partial charge in [-0.05, 0) is 55.3 Å². The van der Waals surface area contributed by atoms with Gasteiger partial charge in [0.15, 0.2) is 0 Å². The minimum atomic E-state index is -4.95. The molecular weight excluding hydrogens is 423 g/mol. The van der Waals surface area contributed by atoms with Crippen LogP contribution in [0.1, 0.15) is 16.8 Å². The molecule has 0 fully saturated rings. The Balaban J connectivity index is 2.04. The first kappa shape index (κ1) is 21.6. The van der Waals surface area contributed by atoms with Crippen molar-refractivity contribution in [1.29, 1.82) is 0 Å². The van der Waals surface area contributed by atoms with Crippen molar-refractivity contribution in [2.45, 2.75) is 26.6 Å². The summed E-state index contributed by atoms with van der Waals surface area (Å²) < 4.78 is 45.8. The van der Waals surface area contributed by atoms with Gasteiger partial charge in [0.1, 0.15) is 12.3 Å². The van der Waals surface area contributed by atoms with E-state index in [0.717, 1.165) is 10.1 Å². The lowest BCUT2D eigenvalue weighted by Gasteiger charge is -2.15. The zero-order valence-corrected chi connectivity index (χ0v) is 17.0. The predicted molar refractivity (Wildman–Crippen MR) is 107 cm³/mol. The second kappa shape index (κ2) is 7.98. The summed E-state index contributed by atoms with van der Waals surface area (Å²) in [6.07, 6.45) is -4.95. The van der Waals surface area contributed by atoms with Crippen LogP contribution >= 0.6 is 11.6 Å². The summed E-state index contributed by atoms with van der Waals surface area (Å²) in [5.41, 5.74) is -1.07. The minimum Gasteiger partial charge on any atom is -0.495 e. The second-order valence-electron chi connectivity index (χ2n) is 6.67. The fourth-order valence-corrected chi connectivity index (χ4v) is 3.18. The summed E-state index contributed by atoms with van der Waals surface area (Å²) in [7, 11) is 1.43. The van der Waals surface area contributed by atoms with E-state index < -0.39 is 29.9 Å².